The largest absolute Gasteiger partial charge is 0.387 e. The Hall–Kier alpha value is -0.0900. The number of rotatable bonds is 9. The molecule has 0 saturated carbocycles. The third-order valence-corrected chi connectivity index (χ3v) is 6.57. The van der Waals surface area contributed by atoms with Crippen molar-refractivity contribution in [3.05, 3.63) is 0 Å². The van der Waals surface area contributed by atoms with Crippen LogP contribution in [0.15, 0.2) is 0 Å². The van der Waals surface area contributed by atoms with Crippen molar-refractivity contribution < 1.29 is 24.5 Å². The molecular weight excluding hydrogens is 428 g/mol. The van der Waals surface area contributed by atoms with E-state index in [1.165, 1.54) is 58.0 Å². The number of nitrogens with zero attached hydrogens (tertiary/aromatic N) is 1. The van der Waals surface area contributed by atoms with E-state index in [2.05, 4.69) is 24.2 Å². The lowest BCUT2D eigenvalue weighted by molar-refractivity contribution is -0.256. The summed E-state index contributed by atoms with van der Waals surface area (Å²) in [6.07, 6.45) is 5.06. The zero-order chi connectivity index (χ0) is 22.9. The van der Waals surface area contributed by atoms with Crippen LogP contribution in [0.2, 0.25) is 0 Å². The van der Waals surface area contributed by atoms with E-state index in [0.29, 0.717) is 12.8 Å². The number of carbonyl (C=O) groups excluding carboxylic acids is 1. The number of thioether (sulfide) groups is 1. The molecule has 7 atom stereocenters. The van der Waals surface area contributed by atoms with Gasteiger partial charge in [0.2, 0.25) is 6.41 Å². The number of hydrogen-bond donors (Lipinski definition) is 3. The monoisotopic (exact) mass is 468 g/mol. The third-order valence-electron chi connectivity index (χ3n) is 5.45. The van der Waals surface area contributed by atoms with Gasteiger partial charge < -0.3 is 29.9 Å². The lowest BCUT2D eigenvalue weighted by Crippen LogP contribution is -2.57. The molecule has 3 N–H and O–H groups in total. The van der Waals surface area contributed by atoms with E-state index in [-0.39, 0.29) is 5.38 Å². The highest BCUT2D eigenvalue weighted by molar-refractivity contribution is 7.99. The fourth-order valence-corrected chi connectivity index (χ4v) is 4.99. The Kier molecular flexibility index (Phi) is 12.5. The summed E-state index contributed by atoms with van der Waals surface area (Å²) in [7, 11) is 2.22. The van der Waals surface area contributed by atoms with Gasteiger partial charge in [0.15, 0.2) is 5.79 Å². The summed E-state index contributed by atoms with van der Waals surface area (Å²) >= 11 is 7.44. The maximum atomic E-state index is 10.7. The number of carbonyl (C=O) groups is 1. The molecule has 9 heteroatoms. The van der Waals surface area contributed by atoms with Crippen molar-refractivity contribution in [1.29, 1.82) is 0 Å². The summed E-state index contributed by atoms with van der Waals surface area (Å²) in [6.45, 7) is 9.71. The number of nitrogens with one attached hydrogen (secondary N) is 1. The van der Waals surface area contributed by atoms with Crippen LogP contribution in [-0.4, -0.2) is 88.9 Å². The van der Waals surface area contributed by atoms with E-state index < -0.39 is 35.6 Å². The molecule has 2 aliphatic heterocycles. The molecule has 0 aromatic carbocycles. The first-order valence-corrected chi connectivity index (χ1v) is 12.5. The Labute approximate surface area is 191 Å². The number of hydrogen-bond acceptors (Lipinski definition) is 7. The summed E-state index contributed by atoms with van der Waals surface area (Å²) in [6, 6.07) is -0.403. The van der Waals surface area contributed by atoms with Crippen LogP contribution in [-0.2, 0) is 14.3 Å². The molecule has 2 aliphatic rings. The molecule has 1 amide bonds. The van der Waals surface area contributed by atoms with Gasteiger partial charge >= 0.3 is 0 Å². The van der Waals surface area contributed by atoms with Crippen LogP contribution in [0.4, 0.5) is 0 Å². The quantitative estimate of drug-likeness (QED) is 0.272. The minimum Gasteiger partial charge on any atom is -0.387 e. The molecule has 0 radical (unpaired) electrons. The SMILES string of the molecule is CCCC1CCN(C)C1.CSC1OC(C(NC=O)C(C)Cl)CC(OC(C)(C)O)C1O. The van der Waals surface area contributed by atoms with Crippen LogP contribution in [0.1, 0.15) is 53.4 Å². The molecule has 30 heavy (non-hydrogen) atoms. The second-order valence-electron chi connectivity index (χ2n) is 8.80. The van der Waals surface area contributed by atoms with Gasteiger partial charge in [0.1, 0.15) is 11.5 Å². The Morgan fingerprint density at radius 2 is 2.13 bits per heavy atom. The standard InChI is InChI=1S/C13H24ClNO5S.C8H17N/c1-7(14)10(15-6-16)8-5-9(20-13(2,3)18)11(17)12(19-8)21-4;1-3-4-8-5-6-9(2)7-8/h6-12,17-18H,5H2,1-4H3,(H,15,16);8H,3-7H2,1-2H3. The second kappa shape index (κ2) is 13.5. The van der Waals surface area contributed by atoms with Gasteiger partial charge in [0, 0.05) is 13.0 Å². The number of halogens is 1. The van der Waals surface area contributed by atoms with Crippen molar-refractivity contribution in [3.63, 3.8) is 0 Å². The Morgan fingerprint density at radius 1 is 1.47 bits per heavy atom. The van der Waals surface area contributed by atoms with Gasteiger partial charge in [-0.1, -0.05) is 13.3 Å². The number of aliphatic hydroxyl groups excluding tert-OH is 1. The summed E-state index contributed by atoms with van der Waals surface area (Å²) in [5.41, 5.74) is -0.512. The van der Waals surface area contributed by atoms with Gasteiger partial charge in [0.05, 0.1) is 23.6 Å². The van der Waals surface area contributed by atoms with Crippen molar-refractivity contribution >= 4 is 29.8 Å². The predicted octanol–water partition coefficient (Wildman–Crippen LogP) is 2.42. The highest BCUT2D eigenvalue weighted by Gasteiger charge is 2.43. The van der Waals surface area contributed by atoms with Gasteiger partial charge in [-0.15, -0.1) is 23.4 Å². The smallest absolute Gasteiger partial charge is 0.207 e. The first-order valence-electron chi connectivity index (χ1n) is 10.8. The summed E-state index contributed by atoms with van der Waals surface area (Å²) in [4.78, 5) is 13.2. The van der Waals surface area contributed by atoms with Gasteiger partial charge in [-0.3, -0.25) is 4.79 Å². The molecule has 7 nitrogen and oxygen atoms in total. The first kappa shape index (κ1) is 27.9. The Morgan fingerprint density at radius 3 is 2.57 bits per heavy atom. The molecule has 178 valence electrons. The lowest BCUT2D eigenvalue weighted by atomic mass is 9.96. The molecule has 0 spiro atoms. The van der Waals surface area contributed by atoms with Gasteiger partial charge in [0.25, 0.3) is 0 Å². The fourth-order valence-electron chi connectivity index (χ4n) is 4.05. The number of amides is 1. The van der Waals surface area contributed by atoms with E-state index in [1.54, 1.807) is 6.92 Å². The van der Waals surface area contributed by atoms with Crippen molar-refractivity contribution in [1.82, 2.24) is 10.2 Å². The van der Waals surface area contributed by atoms with Crippen molar-refractivity contribution in [2.45, 2.75) is 94.3 Å². The zero-order valence-electron chi connectivity index (χ0n) is 19.2. The molecule has 7 unspecified atom stereocenters. The maximum absolute atomic E-state index is 10.7. The van der Waals surface area contributed by atoms with Crippen LogP contribution in [0.3, 0.4) is 0 Å². The predicted molar refractivity (Wildman–Crippen MR) is 123 cm³/mol. The maximum Gasteiger partial charge on any atom is 0.207 e. The molecule has 0 aromatic rings. The molecule has 0 bridgehead atoms. The van der Waals surface area contributed by atoms with E-state index in [1.807, 2.05) is 6.26 Å². The van der Waals surface area contributed by atoms with E-state index in [9.17, 15) is 15.0 Å². The third kappa shape index (κ3) is 9.59. The zero-order valence-corrected chi connectivity index (χ0v) is 20.8. The molecule has 0 aromatic heterocycles. The van der Waals surface area contributed by atoms with Crippen LogP contribution < -0.4 is 5.32 Å². The second-order valence-corrected chi connectivity index (χ2v) is 10.4. The minimum absolute atomic E-state index is 0.324. The molecule has 2 rings (SSSR count). The Bertz CT molecular complexity index is 493. The molecule has 2 fully saturated rings. The van der Waals surface area contributed by atoms with Crippen molar-refractivity contribution in [2.24, 2.45) is 5.92 Å². The van der Waals surface area contributed by atoms with E-state index in [0.717, 1.165) is 5.92 Å². The highest BCUT2D eigenvalue weighted by atomic mass is 35.5. The van der Waals surface area contributed by atoms with Crippen molar-refractivity contribution in [2.75, 3.05) is 26.4 Å². The topological polar surface area (TPSA) is 91.3 Å². The average Bonchev–Trinajstić information content (AvgIpc) is 3.06. The van der Waals surface area contributed by atoms with Crippen molar-refractivity contribution in [3.8, 4) is 0 Å². The highest BCUT2D eigenvalue weighted by Crippen LogP contribution is 2.32. The molecule has 0 aliphatic carbocycles. The lowest BCUT2D eigenvalue weighted by Gasteiger charge is -2.43. The number of alkyl halides is 1. The molecule has 2 saturated heterocycles. The number of likely N-dealkylation sites (tertiary alicyclic amines) is 1. The van der Waals surface area contributed by atoms with Crippen LogP contribution in [0.5, 0.6) is 0 Å². The van der Waals surface area contributed by atoms with Crippen LogP contribution in [0.25, 0.3) is 0 Å². The molecular formula is C21H41ClN2O5S. The number of aliphatic hydroxyl groups is 2. The van der Waals surface area contributed by atoms with Crippen LogP contribution >= 0.6 is 23.4 Å². The average molecular weight is 469 g/mol. The summed E-state index contributed by atoms with van der Waals surface area (Å²) in [5, 5.41) is 22.4. The summed E-state index contributed by atoms with van der Waals surface area (Å²) < 4.78 is 11.3. The Balaban J connectivity index is 0.000000414. The normalized spacial score (nSPS) is 32.1. The minimum atomic E-state index is -1.36. The van der Waals surface area contributed by atoms with Crippen LogP contribution in [0, 0.1) is 5.92 Å². The molecule has 2 heterocycles. The van der Waals surface area contributed by atoms with E-state index >= 15 is 0 Å². The van der Waals surface area contributed by atoms with Gasteiger partial charge in [-0.05, 0) is 59.4 Å². The summed E-state index contributed by atoms with van der Waals surface area (Å²) in [5.74, 6) is -0.351. The first-order chi connectivity index (χ1) is 14.0. The van der Waals surface area contributed by atoms with E-state index in [4.69, 9.17) is 21.1 Å². The van der Waals surface area contributed by atoms with Gasteiger partial charge in [-0.25, -0.2) is 0 Å². The fraction of sp³-hybridized carbons (Fsp3) is 0.952. The van der Waals surface area contributed by atoms with Gasteiger partial charge in [-0.2, -0.15) is 0 Å². The number of ether oxygens (including phenoxy) is 2.